The molecule has 0 spiro atoms. The standard InChI is InChI=1S/C12H17ClN2O2S/c1-8(18(2)17)5-6-15-12(16)10-7-9(14)3-4-11(10)13/h3-4,7-8H,5-6,14H2,1-2H3,(H,15,16). The smallest absolute Gasteiger partial charge is 0.252 e. The molecule has 6 heteroatoms. The number of anilines is 1. The zero-order chi connectivity index (χ0) is 13.7. The fourth-order valence-electron chi connectivity index (χ4n) is 1.37. The van der Waals surface area contributed by atoms with Crippen LogP contribution >= 0.6 is 11.6 Å². The van der Waals surface area contributed by atoms with E-state index in [1.807, 2.05) is 6.92 Å². The molecule has 0 aliphatic carbocycles. The summed E-state index contributed by atoms with van der Waals surface area (Å²) in [5, 5.41) is 3.17. The maximum atomic E-state index is 11.8. The van der Waals surface area contributed by atoms with E-state index in [-0.39, 0.29) is 11.2 Å². The maximum absolute atomic E-state index is 11.8. The highest BCUT2D eigenvalue weighted by Gasteiger charge is 2.11. The molecule has 1 aromatic rings. The molecule has 0 saturated heterocycles. The van der Waals surface area contributed by atoms with Crippen LogP contribution in [0.25, 0.3) is 0 Å². The van der Waals surface area contributed by atoms with Crippen LogP contribution in [0.3, 0.4) is 0 Å². The minimum Gasteiger partial charge on any atom is -0.399 e. The van der Waals surface area contributed by atoms with Gasteiger partial charge in [-0.25, -0.2) is 0 Å². The van der Waals surface area contributed by atoms with Crippen molar-refractivity contribution in [2.24, 2.45) is 0 Å². The molecular formula is C12H17ClN2O2S. The van der Waals surface area contributed by atoms with Crippen LogP contribution in [0, 0.1) is 0 Å². The summed E-state index contributed by atoms with van der Waals surface area (Å²) >= 11 is 5.92. The van der Waals surface area contributed by atoms with Gasteiger partial charge >= 0.3 is 0 Å². The Morgan fingerprint density at radius 1 is 1.56 bits per heavy atom. The summed E-state index contributed by atoms with van der Waals surface area (Å²) < 4.78 is 11.1. The summed E-state index contributed by atoms with van der Waals surface area (Å²) in [5.41, 5.74) is 6.46. The molecule has 1 aromatic carbocycles. The van der Waals surface area contributed by atoms with E-state index in [0.717, 1.165) is 0 Å². The number of amides is 1. The molecular weight excluding hydrogens is 272 g/mol. The number of carbonyl (C=O) groups excluding carboxylic acids is 1. The molecule has 0 fully saturated rings. The summed E-state index contributed by atoms with van der Waals surface area (Å²) in [6, 6.07) is 4.77. The Hall–Kier alpha value is -1.07. The van der Waals surface area contributed by atoms with Crippen molar-refractivity contribution in [1.82, 2.24) is 5.32 Å². The molecule has 0 aliphatic rings. The van der Waals surface area contributed by atoms with E-state index in [0.29, 0.717) is 29.2 Å². The molecule has 0 saturated carbocycles. The summed E-state index contributed by atoms with van der Waals surface area (Å²) in [6.45, 7) is 2.35. The molecule has 4 nitrogen and oxygen atoms in total. The summed E-state index contributed by atoms with van der Waals surface area (Å²) in [6.07, 6.45) is 2.32. The number of hydrogen-bond acceptors (Lipinski definition) is 3. The Kier molecular flexibility index (Phi) is 5.62. The Balaban J connectivity index is 2.55. The largest absolute Gasteiger partial charge is 0.399 e. The highest BCUT2D eigenvalue weighted by molar-refractivity contribution is 7.84. The lowest BCUT2D eigenvalue weighted by Crippen LogP contribution is -2.27. The quantitative estimate of drug-likeness (QED) is 0.812. The Morgan fingerprint density at radius 3 is 2.83 bits per heavy atom. The molecule has 100 valence electrons. The first kappa shape index (κ1) is 15.0. The summed E-state index contributed by atoms with van der Waals surface area (Å²) in [5.74, 6) is -0.263. The van der Waals surface area contributed by atoms with E-state index >= 15 is 0 Å². The van der Waals surface area contributed by atoms with Crippen LogP contribution < -0.4 is 11.1 Å². The van der Waals surface area contributed by atoms with Crippen molar-refractivity contribution in [1.29, 1.82) is 0 Å². The second-order valence-corrected chi connectivity index (χ2v) is 6.30. The average Bonchev–Trinajstić information content (AvgIpc) is 2.31. The molecule has 1 rings (SSSR count). The average molecular weight is 289 g/mol. The monoisotopic (exact) mass is 288 g/mol. The van der Waals surface area contributed by atoms with E-state index in [1.54, 1.807) is 24.5 Å². The number of nitrogens with one attached hydrogen (secondary N) is 1. The first-order valence-corrected chi connectivity index (χ1v) is 7.57. The van der Waals surface area contributed by atoms with Crippen LogP contribution in [-0.2, 0) is 10.8 Å². The molecule has 0 heterocycles. The fraction of sp³-hybridized carbons (Fsp3) is 0.417. The lowest BCUT2D eigenvalue weighted by molar-refractivity contribution is 0.0953. The van der Waals surface area contributed by atoms with Gasteiger partial charge in [0.05, 0.1) is 10.6 Å². The molecule has 2 unspecified atom stereocenters. The zero-order valence-electron chi connectivity index (χ0n) is 10.4. The first-order valence-electron chi connectivity index (χ1n) is 5.57. The van der Waals surface area contributed by atoms with Gasteiger partial charge in [-0.1, -0.05) is 18.5 Å². The Morgan fingerprint density at radius 2 is 2.22 bits per heavy atom. The van der Waals surface area contributed by atoms with Gasteiger partial charge in [-0.2, -0.15) is 0 Å². The van der Waals surface area contributed by atoms with Crippen molar-refractivity contribution >= 4 is 34.0 Å². The summed E-state index contributed by atoms with van der Waals surface area (Å²) in [4.78, 5) is 11.8. The van der Waals surface area contributed by atoms with Crippen molar-refractivity contribution in [2.45, 2.75) is 18.6 Å². The maximum Gasteiger partial charge on any atom is 0.252 e. The minimum absolute atomic E-state index is 0.0571. The van der Waals surface area contributed by atoms with Crippen molar-refractivity contribution < 1.29 is 9.00 Å². The number of nitrogens with two attached hydrogens (primary N) is 1. The second kappa shape index (κ2) is 6.75. The number of benzene rings is 1. The van der Waals surface area contributed by atoms with Crippen molar-refractivity contribution in [3.8, 4) is 0 Å². The number of nitrogen functional groups attached to an aromatic ring is 1. The Labute approximate surface area is 114 Å². The predicted molar refractivity (Wildman–Crippen MR) is 76.3 cm³/mol. The van der Waals surface area contributed by atoms with Gasteiger partial charge in [0.15, 0.2) is 0 Å². The number of carbonyl (C=O) groups is 1. The topological polar surface area (TPSA) is 72.2 Å². The van der Waals surface area contributed by atoms with Gasteiger partial charge in [-0.05, 0) is 24.6 Å². The third-order valence-corrected chi connectivity index (χ3v) is 4.34. The third kappa shape index (κ3) is 4.31. The van der Waals surface area contributed by atoms with Gasteiger partial charge in [-0.15, -0.1) is 0 Å². The first-order chi connectivity index (χ1) is 8.41. The molecule has 0 aliphatic heterocycles. The van der Waals surface area contributed by atoms with Crippen LogP contribution in [0.5, 0.6) is 0 Å². The lowest BCUT2D eigenvalue weighted by atomic mass is 10.2. The third-order valence-electron chi connectivity index (χ3n) is 2.64. The minimum atomic E-state index is -0.875. The second-order valence-electron chi connectivity index (χ2n) is 4.09. The normalized spacial score (nSPS) is 13.9. The molecule has 3 N–H and O–H groups in total. The van der Waals surface area contributed by atoms with Gasteiger partial charge in [0, 0.05) is 34.5 Å². The van der Waals surface area contributed by atoms with Crippen LogP contribution in [0.15, 0.2) is 18.2 Å². The van der Waals surface area contributed by atoms with E-state index in [4.69, 9.17) is 17.3 Å². The van der Waals surface area contributed by atoms with Crippen LogP contribution in [-0.4, -0.2) is 28.2 Å². The molecule has 18 heavy (non-hydrogen) atoms. The van der Waals surface area contributed by atoms with Crippen LogP contribution in [0.2, 0.25) is 5.02 Å². The molecule has 1 amide bonds. The van der Waals surface area contributed by atoms with Crippen LogP contribution in [0.1, 0.15) is 23.7 Å². The van der Waals surface area contributed by atoms with Crippen molar-refractivity contribution in [3.63, 3.8) is 0 Å². The molecule has 0 aromatic heterocycles. The lowest BCUT2D eigenvalue weighted by Gasteiger charge is -2.10. The van der Waals surface area contributed by atoms with Crippen molar-refractivity contribution in [3.05, 3.63) is 28.8 Å². The van der Waals surface area contributed by atoms with Gasteiger partial charge in [0.1, 0.15) is 0 Å². The van der Waals surface area contributed by atoms with Crippen molar-refractivity contribution in [2.75, 3.05) is 18.5 Å². The van der Waals surface area contributed by atoms with Crippen LogP contribution in [0.4, 0.5) is 5.69 Å². The van der Waals surface area contributed by atoms with E-state index in [2.05, 4.69) is 5.32 Å². The predicted octanol–water partition coefficient (Wildman–Crippen LogP) is 1.81. The van der Waals surface area contributed by atoms with E-state index in [1.165, 1.54) is 0 Å². The fourth-order valence-corrected chi connectivity index (χ4v) is 2.02. The van der Waals surface area contributed by atoms with Gasteiger partial charge in [0.25, 0.3) is 5.91 Å². The molecule has 0 bridgehead atoms. The van der Waals surface area contributed by atoms with Gasteiger partial charge in [-0.3, -0.25) is 9.00 Å². The van der Waals surface area contributed by atoms with E-state index in [9.17, 15) is 9.00 Å². The SMILES string of the molecule is CC(CCNC(=O)c1cc(N)ccc1Cl)S(C)=O. The number of hydrogen-bond donors (Lipinski definition) is 2. The summed E-state index contributed by atoms with van der Waals surface area (Å²) in [7, 11) is -0.875. The van der Waals surface area contributed by atoms with Gasteiger partial charge in [0.2, 0.25) is 0 Å². The number of rotatable bonds is 5. The molecule has 2 atom stereocenters. The number of halogens is 1. The zero-order valence-corrected chi connectivity index (χ0v) is 12.0. The van der Waals surface area contributed by atoms with Gasteiger partial charge < -0.3 is 11.1 Å². The highest BCUT2D eigenvalue weighted by Crippen LogP contribution is 2.18. The Bertz CT molecular complexity index is 465. The highest BCUT2D eigenvalue weighted by atomic mass is 35.5. The molecule has 0 radical (unpaired) electrons. The van der Waals surface area contributed by atoms with E-state index < -0.39 is 10.8 Å².